The molecule has 210 valence electrons. The Labute approximate surface area is 237 Å². The second kappa shape index (κ2) is 10.4. The summed E-state index contributed by atoms with van der Waals surface area (Å²) >= 11 is 0. The fourth-order valence-corrected chi connectivity index (χ4v) is 6.91. The lowest BCUT2D eigenvalue weighted by molar-refractivity contribution is -0.131. The minimum absolute atomic E-state index is 0.0259. The van der Waals surface area contributed by atoms with E-state index in [-0.39, 0.29) is 29.9 Å². The molecule has 6 rings (SSSR count). The van der Waals surface area contributed by atoms with E-state index in [1.165, 1.54) is 11.0 Å². The van der Waals surface area contributed by atoms with Crippen LogP contribution in [0.2, 0.25) is 0 Å². The number of carbonyl (C=O) groups excluding carboxylic acids is 2. The number of nitrogens with two attached hydrogens (primary N) is 1. The molecule has 0 unspecified atom stereocenters. The predicted octanol–water partition coefficient (Wildman–Crippen LogP) is 3.90. The zero-order chi connectivity index (χ0) is 28.7. The number of carbonyl (C=O) groups is 2. The van der Waals surface area contributed by atoms with Gasteiger partial charge in [0.1, 0.15) is 17.6 Å². The van der Waals surface area contributed by atoms with Crippen molar-refractivity contribution in [3.05, 3.63) is 84.1 Å². The average molecular weight is 572 g/mol. The van der Waals surface area contributed by atoms with Crippen LogP contribution in [-0.4, -0.2) is 49.0 Å². The number of likely N-dealkylation sites (N-methyl/N-ethyl adjacent to an activating group) is 1. The first-order chi connectivity index (χ1) is 19.7. The van der Waals surface area contributed by atoms with Crippen molar-refractivity contribution in [1.29, 1.82) is 0 Å². The molecule has 1 aromatic heterocycles. The lowest BCUT2D eigenvalue weighted by Crippen LogP contribution is -2.35. The summed E-state index contributed by atoms with van der Waals surface area (Å²) in [6, 6.07) is 18.2. The monoisotopic (exact) mass is 571 g/mol. The van der Waals surface area contributed by atoms with Gasteiger partial charge in [0.05, 0.1) is 10.1 Å². The van der Waals surface area contributed by atoms with Crippen LogP contribution in [-0.2, 0) is 26.0 Å². The molecular formula is C30H29N5O5S. The molecule has 1 atom stereocenters. The number of fused-ring (bicyclic) bond motifs is 5. The van der Waals surface area contributed by atoms with Crippen LogP contribution in [0, 0.1) is 0 Å². The number of nitrogens with one attached hydrogen (secondary N) is 2. The Kier molecular flexibility index (Phi) is 6.74. The van der Waals surface area contributed by atoms with Crippen molar-refractivity contribution >= 4 is 49.6 Å². The Morgan fingerprint density at radius 1 is 1.05 bits per heavy atom. The molecule has 0 saturated heterocycles. The van der Waals surface area contributed by atoms with E-state index in [9.17, 15) is 18.0 Å². The topological polar surface area (TPSA) is 144 Å². The average Bonchev–Trinajstić information content (AvgIpc) is 3.81. The first-order valence-electron chi connectivity index (χ1n) is 13.2. The maximum atomic E-state index is 14.1. The smallest absolute Gasteiger partial charge is 0.262 e. The highest BCUT2D eigenvalue weighted by molar-refractivity contribution is 7.92. The molecule has 0 spiro atoms. The number of anilines is 3. The van der Waals surface area contributed by atoms with Crippen LogP contribution in [0.5, 0.6) is 5.75 Å². The quantitative estimate of drug-likeness (QED) is 0.335. The Bertz CT molecular complexity index is 1790. The van der Waals surface area contributed by atoms with Gasteiger partial charge in [-0.05, 0) is 84.0 Å². The van der Waals surface area contributed by atoms with Gasteiger partial charge >= 0.3 is 0 Å². The van der Waals surface area contributed by atoms with Crippen molar-refractivity contribution in [2.24, 2.45) is 0 Å². The van der Waals surface area contributed by atoms with Gasteiger partial charge in [0.2, 0.25) is 5.91 Å². The van der Waals surface area contributed by atoms with Gasteiger partial charge in [-0.15, -0.1) is 0 Å². The summed E-state index contributed by atoms with van der Waals surface area (Å²) in [7, 11) is -1.93. The molecule has 1 saturated carbocycles. The molecule has 10 nitrogen and oxygen atoms in total. The van der Waals surface area contributed by atoms with E-state index in [4.69, 9.17) is 10.5 Å². The van der Waals surface area contributed by atoms with Crippen LogP contribution in [0.15, 0.2) is 77.8 Å². The van der Waals surface area contributed by atoms with E-state index in [1.54, 1.807) is 49.6 Å². The number of rotatable bonds is 4. The molecule has 3 aromatic carbocycles. The number of pyridine rings is 1. The fourth-order valence-electron chi connectivity index (χ4n) is 5.05. The summed E-state index contributed by atoms with van der Waals surface area (Å²) in [5.74, 6) is 0.176. The van der Waals surface area contributed by atoms with Gasteiger partial charge in [-0.25, -0.2) is 13.4 Å². The Hall–Kier alpha value is -4.64. The van der Waals surface area contributed by atoms with Crippen LogP contribution < -0.4 is 21.1 Å². The van der Waals surface area contributed by atoms with Crippen LogP contribution in [0.1, 0.15) is 30.0 Å². The zero-order valence-electron chi connectivity index (χ0n) is 22.3. The Balaban J connectivity index is 1.41. The number of aromatic nitrogens is 1. The highest BCUT2D eigenvalue weighted by Gasteiger charge is 2.38. The Morgan fingerprint density at radius 3 is 2.68 bits per heavy atom. The molecular weight excluding hydrogens is 542 g/mol. The molecule has 2 heterocycles. The largest absolute Gasteiger partial charge is 0.484 e. The van der Waals surface area contributed by atoms with Gasteiger partial charge in [-0.1, -0.05) is 12.1 Å². The summed E-state index contributed by atoms with van der Waals surface area (Å²) in [6.45, 7) is -0.231. The number of hydrogen-bond acceptors (Lipinski definition) is 8. The van der Waals surface area contributed by atoms with Crippen molar-refractivity contribution in [2.45, 2.75) is 35.6 Å². The third-order valence-corrected chi connectivity index (χ3v) is 9.67. The number of ether oxygens (including phenoxy) is 1. The number of hydrogen-bond donors (Lipinski definition) is 3. The van der Waals surface area contributed by atoms with Gasteiger partial charge in [-0.2, -0.15) is 0 Å². The van der Waals surface area contributed by atoms with Gasteiger partial charge in [-0.3, -0.25) is 9.59 Å². The normalized spacial score (nSPS) is 17.9. The second-order valence-electron chi connectivity index (χ2n) is 10.4. The lowest BCUT2D eigenvalue weighted by atomic mass is 10.0. The van der Waals surface area contributed by atoms with Crippen molar-refractivity contribution < 1.29 is 22.7 Å². The summed E-state index contributed by atoms with van der Waals surface area (Å²) in [4.78, 5) is 32.5. The number of sulfone groups is 1. The zero-order valence-corrected chi connectivity index (χ0v) is 23.1. The summed E-state index contributed by atoms with van der Waals surface area (Å²) < 4.78 is 32.3. The van der Waals surface area contributed by atoms with Crippen molar-refractivity contribution in [1.82, 2.24) is 9.88 Å². The maximum Gasteiger partial charge on any atom is 0.262 e. The first-order valence-corrected chi connectivity index (χ1v) is 14.8. The third kappa shape index (κ3) is 5.40. The van der Waals surface area contributed by atoms with Crippen LogP contribution in [0.25, 0.3) is 10.8 Å². The highest BCUT2D eigenvalue weighted by atomic mass is 32.2. The van der Waals surface area contributed by atoms with E-state index >= 15 is 0 Å². The van der Waals surface area contributed by atoms with E-state index in [0.29, 0.717) is 46.9 Å². The number of nitrogen functional groups attached to an aromatic ring is 1. The number of nitrogens with zero attached hydrogens (tertiary/aromatic N) is 2. The first kappa shape index (κ1) is 26.6. The molecule has 1 fully saturated rings. The molecule has 41 heavy (non-hydrogen) atoms. The number of amides is 2. The molecule has 4 bridgehead atoms. The third-order valence-electron chi connectivity index (χ3n) is 7.31. The summed E-state index contributed by atoms with van der Waals surface area (Å²) in [5, 5.41) is 7.35. The molecule has 2 amide bonds. The molecule has 2 aliphatic rings. The van der Waals surface area contributed by atoms with Gasteiger partial charge in [0, 0.05) is 36.6 Å². The molecule has 4 N–H and O–H groups in total. The van der Waals surface area contributed by atoms with Crippen molar-refractivity contribution in [3.63, 3.8) is 0 Å². The molecule has 0 radical (unpaired) electrons. The SMILES string of the molecule is CN1Cc2cc(ccc2S(=O)(=O)C2CC2)NC(=O)COc2cccc(c2)[C@@H](Nc2ccc3c(N)nccc3c2)C1=O. The van der Waals surface area contributed by atoms with Crippen LogP contribution in [0.4, 0.5) is 17.2 Å². The lowest BCUT2D eigenvalue weighted by Gasteiger charge is -2.27. The van der Waals surface area contributed by atoms with Crippen molar-refractivity contribution in [2.75, 3.05) is 30.0 Å². The standard InChI is InChI=1S/C30H29N5O5S/c1-35-16-20-14-21(6-10-26(20)41(38,39)24-7-8-24)33-27(36)17-40-23-4-2-3-19(15-23)28(30(35)37)34-22-5-9-25-18(13-22)11-12-32-29(25)31/h2-6,9-15,24,28,34H,7-8,16-17H2,1H3,(H2,31,32)(H,33,36)/t28-/m1/s1. The molecule has 1 aliphatic carbocycles. The van der Waals surface area contributed by atoms with E-state index in [1.807, 2.05) is 24.3 Å². The fraction of sp³-hybridized carbons (Fsp3) is 0.233. The molecule has 1 aliphatic heterocycles. The van der Waals surface area contributed by atoms with E-state index < -0.39 is 21.1 Å². The summed E-state index contributed by atoms with van der Waals surface area (Å²) in [5.41, 5.74) is 8.18. The van der Waals surface area contributed by atoms with Gasteiger partial charge in [0.25, 0.3) is 5.91 Å². The highest BCUT2D eigenvalue weighted by Crippen LogP contribution is 2.36. The number of benzene rings is 3. The predicted molar refractivity (Wildman–Crippen MR) is 156 cm³/mol. The minimum atomic E-state index is -3.56. The summed E-state index contributed by atoms with van der Waals surface area (Å²) in [6.07, 6.45) is 2.85. The molecule has 4 aromatic rings. The van der Waals surface area contributed by atoms with Gasteiger partial charge in [0.15, 0.2) is 16.4 Å². The van der Waals surface area contributed by atoms with Gasteiger partial charge < -0.3 is 26.0 Å². The second-order valence-corrected chi connectivity index (χ2v) is 12.6. The van der Waals surface area contributed by atoms with Crippen LogP contribution in [0.3, 0.4) is 0 Å². The van der Waals surface area contributed by atoms with E-state index in [0.717, 1.165) is 10.8 Å². The molecule has 11 heteroatoms. The maximum absolute atomic E-state index is 14.1. The Morgan fingerprint density at radius 2 is 1.88 bits per heavy atom. The van der Waals surface area contributed by atoms with Crippen molar-refractivity contribution in [3.8, 4) is 5.75 Å². The van der Waals surface area contributed by atoms with Crippen LogP contribution >= 0.6 is 0 Å². The van der Waals surface area contributed by atoms with E-state index in [2.05, 4.69) is 15.6 Å². The minimum Gasteiger partial charge on any atom is -0.484 e.